The number of carbonyl (C=O) groups is 2. The summed E-state index contributed by atoms with van der Waals surface area (Å²) >= 11 is 0. The van der Waals surface area contributed by atoms with E-state index in [4.69, 9.17) is 4.74 Å². The third-order valence-electron chi connectivity index (χ3n) is 5.15. The Kier molecular flexibility index (Phi) is 7.50. The van der Waals surface area contributed by atoms with Gasteiger partial charge in [0, 0.05) is 17.9 Å². The normalized spacial score (nSPS) is 11.0. The molecule has 0 spiro atoms. The van der Waals surface area contributed by atoms with E-state index in [0.29, 0.717) is 5.56 Å². The molecule has 1 aromatic heterocycles. The van der Waals surface area contributed by atoms with Crippen LogP contribution >= 0.6 is 0 Å². The van der Waals surface area contributed by atoms with Crippen molar-refractivity contribution in [3.8, 4) is 11.8 Å². The molecule has 0 bridgehead atoms. The first-order valence-corrected chi connectivity index (χ1v) is 11.9. The number of ether oxygens (including phenoxy) is 1. The second-order valence-corrected chi connectivity index (χ2v) is 9.14. The van der Waals surface area contributed by atoms with Crippen LogP contribution in [0.2, 0.25) is 0 Å². The molecule has 3 aromatic rings. The zero-order chi connectivity index (χ0) is 24.9. The molecule has 0 aliphatic heterocycles. The molecule has 0 fully saturated rings. The number of aromatic nitrogens is 1. The summed E-state index contributed by atoms with van der Waals surface area (Å²) in [5.41, 5.74) is 2.56. The summed E-state index contributed by atoms with van der Waals surface area (Å²) in [6, 6.07) is 16.7. The van der Waals surface area contributed by atoms with E-state index in [-0.39, 0.29) is 22.8 Å². The van der Waals surface area contributed by atoms with Gasteiger partial charge in [0.1, 0.15) is 11.9 Å². The molecule has 0 aliphatic carbocycles. The summed E-state index contributed by atoms with van der Waals surface area (Å²) in [6.45, 7) is 4.85. The van der Waals surface area contributed by atoms with Crippen LogP contribution in [0.4, 0.5) is 5.82 Å². The molecule has 3 rings (SSSR count). The first kappa shape index (κ1) is 24.7. The minimum atomic E-state index is -3.75. The first-order valence-electron chi connectivity index (χ1n) is 10.4. The van der Waals surface area contributed by atoms with Gasteiger partial charge in [0.2, 0.25) is 10.0 Å². The minimum absolute atomic E-state index is 0.0103. The predicted molar refractivity (Wildman–Crippen MR) is 126 cm³/mol. The van der Waals surface area contributed by atoms with Crippen LogP contribution in [0.25, 0.3) is 5.69 Å². The van der Waals surface area contributed by atoms with Crippen molar-refractivity contribution in [1.82, 2.24) is 9.29 Å². The minimum Gasteiger partial charge on any atom is -0.452 e. The molecule has 176 valence electrons. The largest absolute Gasteiger partial charge is 0.452 e. The number of nitrogens with one attached hydrogen (secondary N) is 2. The van der Waals surface area contributed by atoms with Gasteiger partial charge in [0.25, 0.3) is 5.91 Å². The molecular weight excluding hydrogens is 456 g/mol. The number of sulfonamides is 1. The number of anilines is 1. The highest BCUT2D eigenvalue weighted by Gasteiger charge is 2.22. The molecule has 1 amide bonds. The first-order chi connectivity index (χ1) is 16.2. The Labute approximate surface area is 198 Å². The Bertz CT molecular complexity index is 1370. The number of hydrogen-bond donors (Lipinski definition) is 2. The van der Waals surface area contributed by atoms with Crippen LogP contribution in [-0.4, -0.2) is 38.0 Å². The summed E-state index contributed by atoms with van der Waals surface area (Å²) in [5.74, 6) is -1.21. The van der Waals surface area contributed by atoms with E-state index in [0.717, 1.165) is 16.9 Å². The van der Waals surface area contributed by atoms with Gasteiger partial charge in [0.05, 0.1) is 16.0 Å². The molecular formula is C24H24N4O5S. The molecule has 10 heteroatoms. The second kappa shape index (κ2) is 10.3. The van der Waals surface area contributed by atoms with Crippen LogP contribution in [0.5, 0.6) is 0 Å². The van der Waals surface area contributed by atoms with Gasteiger partial charge in [-0.15, -0.1) is 0 Å². The van der Waals surface area contributed by atoms with Gasteiger partial charge in [-0.3, -0.25) is 9.36 Å². The molecule has 0 saturated heterocycles. The zero-order valence-electron chi connectivity index (χ0n) is 19.0. The standard InChI is InChI=1S/C24H24N4O5S/c1-4-26-34(31,32)20-12-8-9-18(13-20)24(30)33-15-22(29)27-23-21(14-25)16(2)17(3)28(23)19-10-6-5-7-11-19/h5-13,26H,4,15H2,1-3H3,(H,27,29). The molecule has 0 aliphatic rings. The van der Waals surface area contributed by atoms with Crippen molar-refractivity contribution in [1.29, 1.82) is 5.26 Å². The number of rotatable bonds is 8. The van der Waals surface area contributed by atoms with Crippen molar-refractivity contribution in [3.63, 3.8) is 0 Å². The highest BCUT2D eigenvalue weighted by Crippen LogP contribution is 2.29. The van der Waals surface area contributed by atoms with E-state index < -0.39 is 28.5 Å². The Hall–Kier alpha value is -3.94. The monoisotopic (exact) mass is 480 g/mol. The highest BCUT2D eigenvalue weighted by molar-refractivity contribution is 7.89. The van der Waals surface area contributed by atoms with Crippen LogP contribution in [0, 0.1) is 25.2 Å². The molecule has 1 heterocycles. The van der Waals surface area contributed by atoms with Gasteiger partial charge in [-0.25, -0.2) is 17.9 Å². The highest BCUT2D eigenvalue weighted by atomic mass is 32.2. The molecule has 2 N–H and O–H groups in total. The van der Waals surface area contributed by atoms with Crippen molar-refractivity contribution >= 4 is 27.7 Å². The fraction of sp³-hybridized carbons (Fsp3) is 0.208. The summed E-state index contributed by atoms with van der Waals surface area (Å²) in [4.78, 5) is 25.0. The van der Waals surface area contributed by atoms with Crippen LogP contribution in [0.15, 0.2) is 59.5 Å². The maximum Gasteiger partial charge on any atom is 0.338 e. The molecule has 2 aromatic carbocycles. The number of carbonyl (C=O) groups excluding carboxylic acids is 2. The number of para-hydroxylation sites is 1. The summed E-state index contributed by atoms with van der Waals surface area (Å²) < 4.78 is 33.5. The second-order valence-electron chi connectivity index (χ2n) is 7.37. The lowest BCUT2D eigenvalue weighted by Crippen LogP contribution is -2.24. The van der Waals surface area contributed by atoms with Crippen molar-refractivity contribution in [2.75, 3.05) is 18.5 Å². The fourth-order valence-corrected chi connectivity index (χ4v) is 4.49. The third kappa shape index (κ3) is 5.17. The van der Waals surface area contributed by atoms with Crippen LogP contribution in [0.1, 0.15) is 34.1 Å². The topological polar surface area (TPSA) is 130 Å². The Balaban J connectivity index is 1.77. The lowest BCUT2D eigenvalue weighted by molar-refractivity contribution is -0.119. The Morgan fingerprint density at radius 2 is 1.79 bits per heavy atom. The molecule has 0 radical (unpaired) electrons. The quantitative estimate of drug-likeness (QED) is 0.477. The van der Waals surface area contributed by atoms with Gasteiger partial charge in [-0.1, -0.05) is 31.2 Å². The summed E-state index contributed by atoms with van der Waals surface area (Å²) in [6.07, 6.45) is 0. The molecule has 0 saturated carbocycles. The van der Waals surface area contributed by atoms with Crippen LogP contribution in [0.3, 0.4) is 0 Å². The lowest BCUT2D eigenvalue weighted by Gasteiger charge is -2.13. The molecule has 0 unspecified atom stereocenters. The van der Waals surface area contributed by atoms with Crippen molar-refractivity contribution in [3.05, 3.63) is 77.0 Å². The molecule has 34 heavy (non-hydrogen) atoms. The van der Waals surface area contributed by atoms with E-state index in [1.807, 2.05) is 37.3 Å². The third-order valence-corrected chi connectivity index (χ3v) is 6.69. The smallest absolute Gasteiger partial charge is 0.338 e. The SMILES string of the molecule is CCNS(=O)(=O)c1cccc(C(=O)OCC(=O)Nc2c(C#N)c(C)c(C)n2-c2ccccc2)c1. The lowest BCUT2D eigenvalue weighted by atomic mass is 10.2. The number of nitriles is 1. The van der Waals surface area contributed by atoms with Crippen LogP contribution < -0.4 is 10.0 Å². The number of esters is 1. The number of hydrogen-bond acceptors (Lipinski definition) is 6. The van der Waals surface area contributed by atoms with E-state index in [1.54, 1.807) is 18.4 Å². The van der Waals surface area contributed by atoms with E-state index in [2.05, 4.69) is 16.1 Å². The molecule has 0 atom stereocenters. The van der Waals surface area contributed by atoms with Gasteiger partial charge in [-0.05, 0) is 49.7 Å². The average molecular weight is 481 g/mol. The predicted octanol–water partition coefficient (Wildman–Crippen LogP) is 3.06. The maximum absolute atomic E-state index is 12.6. The van der Waals surface area contributed by atoms with E-state index in [1.165, 1.54) is 24.3 Å². The summed E-state index contributed by atoms with van der Waals surface area (Å²) in [7, 11) is -3.75. The van der Waals surface area contributed by atoms with E-state index >= 15 is 0 Å². The van der Waals surface area contributed by atoms with Gasteiger partial charge in [0.15, 0.2) is 6.61 Å². The average Bonchev–Trinajstić information content (AvgIpc) is 3.06. The Morgan fingerprint density at radius 1 is 1.09 bits per heavy atom. The van der Waals surface area contributed by atoms with E-state index in [9.17, 15) is 23.3 Å². The maximum atomic E-state index is 12.6. The number of benzene rings is 2. The van der Waals surface area contributed by atoms with Gasteiger partial charge in [-0.2, -0.15) is 5.26 Å². The number of amides is 1. The van der Waals surface area contributed by atoms with Gasteiger partial charge >= 0.3 is 5.97 Å². The molecule has 9 nitrogen and oxygen atoms in total. The zero-order valence-corrected chi connectivity index (χ0v) is 19.8. The van der Waals surface area contributed by atoms with Crippen molar-refractivity contribution in [2.45, 2.75) is 25.7 Å². The van der Waals surface area contributed by atoms with Crippen molar-refractivity contribution in [2.24, 2.45) is 0 Å². The van der Waals surface area contributed by atoms with Gasteiger partial charge < -0.3 is 10.1 Å². The summed E-state index contributed by atoms with van der Waals surface area (Å²) in [5, 5.41) is 12.3. The van der Waals surface area contributed by atoms with Crippen LogP contribution in [-0.2, 0) is 19.6 Å². The number of nitrogens with zero attached hydrogens (tertiary/aromatic N) is 2. The Morgan fingerprint density at radius 3 is 2.44 bits per heavy atom. The fourth-order valence-electron chi connectivity index (χ4n) is 3.41. The van der Waals surface area contributed by atoms with Crippen molar-refractivity contribution < 1.29 is 22.7 Å².